The molecule has 1 atom stereocenters. The summed E-state index contributed by atoms with van der Waals surface area (Å²) in [5.41, 5.74) is 0. The van der Waals surface area contributed by atoms with Gasteiger partial charge in [-0.3, -0.25) is 4.79 Å². The van der Waals surface area contributed by atoms with E-state index in [1.54, 1.807) is 6.92 Å². The lowest BCUT2D eigenvalue weighted by Gasteiger charge is -2.13. The zero-order valence-corrected chi connectivity index (χ0v) is 10.2. The number of ether oxygens (including phenoxy) is 2. The molecule has 102 valence electrons. The van der Waals surface area contributed by atoms with E-state index < -0.39 is 24.1 Å². The molecule has 0 bridgehead atoms. The zero-order valence-electron chi connectivity index (χ0n) is 10.2. The van der Waals surface area contributed by atoms with E-state index in [9.17, 15) is 14.4 Å². The highest BCUT2D eigenvalue weighted by atomic mass is 16.5. The first-order chi connectivity index (χ1) is 8.51. The van der Waals surface area contributed by atoms with Crippen molar-refractivity contribution in [2.45, 2.75) is 25.8 Å². The van der Waals surface area contributed by atoms with Crippen LogP contribution in [0.3, 0.4) is 0 Å². The van der Waals surface area contributed by atoms with Gasteiger partial charge >= 0.3 is 18.0 Å². The van der Waals surface area contributed by atoms with E-state index in [0.29, 0.717) is 0 Å². The molecule has 0 saturated heterocycles. The number of hydrogen-bond acceptors (Lipinski definition) is 5. The van der Waals surface area contributed by atoms with Crippen molar-refractivity contribution >= 4 is 18.0 Å². The smallest absolute Gasteiger partial charge is 0.408 e. The molecule has 0 rings (SSSR count). The van der Waals surface area contributed by atoms with Crippen LogP contribution in [0, 0.1) is 0 Å². The van der Waals surface area contributed by atoms with Crippen molar-refractivity contribution in [2.75, 3.05) is 13.2 Å². The van der Waals surface area contributed by atoms with Crippen LogP contribution in [-0.2, 0) is 19.1 Å². The number of carboxylic acid groups (broad SMARTS) is 1. The molecule has 0 aromatic rings. The van der Waals surface area contributed by atoms with E-state index >= 15 is 0 Å². The lowest BCUT2D eigenvalue weighted by Crippen LogP contribution is -2.41. The van der Waals surface area contributed by atoms with E-state index in [-0.39, 0.29) is 26.1 Å². The number of hydrogen-bond donors (Lipinski definition) is 2. The van der Waals surface area contributed by atoms with E-state index in [1.165, 1.54) is 6.08 Å². The summed E-state index contributed by atoms with van der Waals surface area (Å²) in [6, 6.07) is -1.19. The zero-order chi connectivity index (χ0) is 14.0. The topological polar surface area (TPSA) is 102 Å². The molecule has 0 saturated carbocycles. The second-order valence-corrected chi connectivity index (χ2v) is 3.27. The standard InChI is InChI=1S/C11H17NO6/c1-3-7-18-11(16)12-8(10(14)15)5-6-9(13)17-4-2/h3,8H,1,4-7H2,2H3,(H,12,16)(H,14,15)/t8-/m1/s1. The van der Waals surface area contributed by atoms with E-state index in [2.05, 4.69) is 21.4 Å². The highest BCUT2D eigenvalue weighted by molar-refractivity contribution is 5.80. The predicted molar refractivity (Wildman–Crippen MR) is 62.0 cm³/mol. The average Bonchev–Trinajstić information content (AvgIpc) is 2.31. The van der Waals surface area contributed by atoms with Crippen LogP contribution in [0.4, 0.5) is 4.79 Å². The molecule has 0 aliphatic rings. The van der Waals surface area contributed by atoms with Gasteiger partial charge in [0.25, 0.3) is 0 Å². The summed E-state index contributed by atoms with van der Waals surface area (Å²) < 4.78 is 9.23. The Morgan fingerprint density at radius 1 is 1.39 bits per heavy atom. The number of carbonyl (C=O) groups is 3. The molecular weight excluding hydrogens is 242 g/mol. The summed E-state index contributed by atoms with van der Waals surface area (Å²) in [5, 5.41) is 11.0. The monoisotopic (exact) mass is 259 g/mol. The van der Waals surface area contributed by atoms with Crippen LogP contribution < -0.4 is 5.32 Å². The minimum atomic E-state index is -1.24. The van der Waals surface area contributed by atoms with Gasteiger partial charge in [0.05, 0.1) is 6.61 Å². The summed E-state index contributed by atoms with van der Waals surface area (Å²) in [6.07, 6.45) is 0.337. The Balaban J connectivity index is 4.14. The van der Waals surface area contributed by atoms with Gasteiger partial charge in [0.2, 0.25) is 0 Å². The number of nitrogens with one attached hydrogen (secondary N) is 1. The quantitative estimate of drug-likeness (QED) is 0.491. The number of alkyl carbamates (subject to hydrolysis) is 1. The van der Waals surface area contributed by atoms with E-state index in [1.807, 2.05) is 0 Å². The van der Waals surface area contributed by atoms with Crippen LogP contribution in [0.1, 0.15) is 19.8 Å². The van der Waals surface area contributed by atoms with Gasteiger partial charge in [-0.15, -0.1) is 0 Å². The first kappa shape index (κ1) is 16.0. The summed E-state index contributed by atoms with van der Waals surface area (Å²) in [6.45, 7) is 5.20. The number of amides is 1. The third-order valence-corrected chi connectivity index (χ3v) is 1.86. The Kier molecular flexibility index (Phi) is 8.00. The first-order valence-corrected chi connectivity index (χ1v) is 5.43. The Bertz CT molecular complexity index is 315. The molecule has 0 fully saturated rings. The second-order valence-electron chi connectivity index (χ2n) is 3.27. The molecule has 0 radical (unpaired) electrons. The summed E-state index contributed by atoms with van der Waals surface area (Å²) in [7, 11) is 0. The van der Waals surface area contributed by atoms with Crippen molar-refractivity contribution in [1.29, 1.82) is 0 Å². The van der Waals surface area contributed by atoms with Crippen LogP contribution in [-0.4, -0.2) is 42.4 Å². The molecule has 0 aromatic heterocycles. The Hall–Kier alpha value is -2.05. The summed E-state index contributed by atoms with van der Waals surface area (Å²) in [5.74, 6) is -1.75. The van der Waals surface area contributed by atoms with E-state index in [0.717, 1.165) is 0 Å². The van der Waals surface area contributed by atoms with Gasteiger partial charge in [0.15, 0.2) is 0 Å². The molecule has 2 N–H and O–H groups in total. The van der Waals surface area contributed by atoms with Crippen LogP contribution in [0.15, 0.2) is 12.7 Å². The van der Waals surface area contributed by atoms with Gasteiger partial charge < -0.3 is 19.9 Å². The summed E-state index contributed by atoms with van der Waals surface area (Å²) in [4.78, 5) is 33.0. The summed E-state index contributed by atoms with van der Waals surface area (Å²) >= 11 is 0. The minimum absolute atomic E-state index is 0.0178. The number of carbonyl (C=O) groups excluding carboxylic acids is 2. The number of rotatable bonds is 8. The molecule has 18 heavy (non-hydrogen) atoms. The van der Waals surface area contributed by atoms with Crippen LogP contribution >= 0.6 is 0 Å². The van der Waals surface area contributed by atoms with Gasteiger partial charge in [-0.2, -0.15) is 0 Å². The number of aliphatic carboxylic acids is 1. The molecular formula is C11H17NO6. The molecule has 1 amide bonds. The van der Waals surface area contributed by atoms with Crippen molar-refractivity contribution < 1.29 is 29.0 Å². The molecule has 0 aliphatic carbocycles. The largest absolute Gasteiger partial charge is 0.480 e. The van der Waals surface area contributed by atoms with Crippen molar-refractivity contribution in [3.8, 4) is 0 Å². The van der Waals surface area contributed by atoms with Crippen LogP contribution in [0.5, 0.6) is 0 Å². The Morgan fingerprint density at radius 3 is 2.56 bits per heavy atom. The number of esters is 1. The molecule has 0 aliphatic heterocycles. The Labute approximate surface area is 105 Å². The molecule has 7 nitrogen and oxygen atoms in total. The first-order valence-electron chi connectivity index (χ1n) is 5.43. The lowest BCUT2D eigenvalue weighted by atomic mass is 10.1. The van der Waals surface area contributed by atoms with Gasteiger partial charge in [0.1, 0.15) is 12.6 Å². The van der Waals surface area contributed by atoms with Crippen LogP contribution in [0.25, 0.3) is 0 Å². The van der Waals surface area contributed by atoms with Crippen molar-refractivity contribution in [1.82, 2.24) is 5.32 Å². The molecule has 0 aromatic carbocycles. The third-order valence-electron chi connectivity index (χ3n) is 1.86. The maximum Gasteiger partial charge on any atom is 0.408 e. The highest BCUT2D eigenvalue weighted by Gasteiger charge is 2.21. The molecule has 0 spiro atoms. The average molecular weight is 259 g/mol. The van der Waals surface area contributed by atoms with Gasteiger partial charge in [-0.05, 0) is 13.3 Å². The van der Waals surface area contributed by atoms with E-state index in [4.69, 9.17) is 5.11 Å². The van der Waals surface area contributed by atoms with Crippen molar-refractivity contribution in [3.05, 3.63) is 12.7 Å². The van der Waals surface area contributed by atoms with Crippen molar-refractivity contribution in [2.24, 2.45) is 0 Å². The van der Waals surface area contributed by atoms with Gasteiger partial charge in [-0.25, -0.2) is 9.59 Å². The second kappa shape index (κ2) is 9.03. The SMILES string of the molecule is C=CCOC(=O)N[C@H](CCC(=O)OCC)C(=O)O. The minimum Gasteiger partial charge on any atom is -0.480 e. The van der Waals surface area contributed by atoms with Crippen LogP contribution in [0.2, 0.25) is 0 Å². The number of carboxylic acids is 1. The third kappa shape index (κ3) is 7.26. The molecule has 0 heterocycles. The predicted octanol–water partition coefficient (Wildman–Crippen LogP) is 0.695. The normalized spacial score (nSPS) is 11.2. The van der Waals surface area contributed by atoms with Gasteiger partial charge in [0, 0.05) is 6.42 Å². The maximum absolute atomic E-state index is 11.1. The van der Waals surface area contributed by atoms with Gasteiger partial charge in [-0.1, -0.05) is 12.7 Å². The molecule has 0 unspecified atom stereocenters. The lowest BCUT2D eigenvalue weighted by molar-refractivity contribution is -0.144. The van der Waals surface area contributed by atoms with Crippen molar-refractivity contribution in [3.63, 3.8) is 0 Å². The molecule has 7 heteroatoms. The maximum atomic E-state index is 11.1. The highest BCUT2D eigenvalue weighted by Crippen LogP contribution is 2.00. The fraction of sp³-hybridized carbons (Fsp3) is 0.545. The fourth-order valence-corrected chi connectivity index (χ4v) is 1.07. The fourth-order valence-electron chi connectivity index (χ4n) is 1.07. The Morgan fingerprint density at radius 2 is 2.06 bits per heavy atom.